The second kappa shape index (κ2) is 5.37. The maximum absolute atomic E-state index is 8.48. The Kier molecular flexibility index (Phi) is 4.13. The van der Waals surface area contributed by atoms with Crippen LogP contribution in [0.5, 0.6) is 0 Å². The average Bonchev–Trinajstić information content (AvgIpc) is 2.26. The van der Waals surface area contributed by atoms with E-state index in [9.17, 15) is 0 Å². The maximum atomic E-state index is 8.48. The number of nitrogens with one attached hydrogen (secondary N) is 1. The van der Waals surface area contributed by atoms with E-state index in [1.54, 1.807) is 13.2 Å². The first-order valence-corrected chi connectivity index (χ1v) is 4.85. The van der Waals surface area contributed by atoms with Crippen molar-refractivity contribution in [3.63, 3.8) is 0 Å². The van der Waals surface area contributed by atoms with Crippen molar-refractivity contribution in [2.75, 3.05) is 30.9 Å². The molecule has 5 nitrogen and oxygen atoms in total. The lowest BCUT2D eigenvalue weighted by atomic mass is 10.4. The van der Waals surface area contributed by atoms with Crippen LogP contribution in [-0.2, 0) is 0 Å². The van der Waals surface area contributed by atoms with E-state index in [0.29, 0.717) is 29.8 Å². The van der Waals surface area contributed by atoms with Crippen LogP contribution < -0.4 is 10.2 Å². The van der Waals surface area contributed by atoms with Gasteiger partial charge in [0, 0.05) is 20.6 Å². The lowest BCUT2D eigenvalue weighted by Gasteiger charge is -2.17. The third-order valence-corrected chi connectivity index (χ3v) is 2.14. The molecule has 0 aliphatic rings. The number of hydrogen-bond acceptors (Lipinski definition) is 5. The quantitative estimate of drug-likeness (QED) is 0.842. The first-order valence-electron chi connectivity index (χ1n) is 4.47. The van der Waals surface area contributed by atoms with Crippen LogP contribution in [0.2, 0.25) is 5.02 Å². The lowest BCUT2D eigenvalue weighted by Crippen LogP contribution is -2.20. The van der Waals surface area contributed by atoms with Crippen LogP contribution in [0.1, 0.15) is 6.42 Å². The minimum Gasteiger partial charge on any atom is -0.357 e. The highest BCUT2D eigenvalue weighted by Crippen LogP contribution is 2.22. The number of hydrogen-bond donors (Lipinski definition) is 1. The van der Waals surface area contributed by atoms with E-state index in [1.165, 1.54) is 0 Å². The zero-order valence-corrected chi connectivity index (χ0v) is 9.41. The zero-order valence-electron chi connectivity index (χ0n) is 8.66. The summed E-state index contributed by atoms with van der Waals surface area (Å²) in [6.45, 7) is 0.594. The van der Waals surface area contributed by atoms with E-state index in [0.717, 1.165) is 0 Å². The second-order valence-electron chi connectivity index (χ2n) is 2.94. The third kappa shape index (κ3) is 2.96. The predicted molar refractivity (Wildman–Crippen MR) is 60.1 cm³/mol. The summed E-state index contributed by atoms with van der Waals surface area (Å²) in [5.41, 5.74) is 0. The molecule has 0 aliphatic carbocycles. The van der Waals surface area contributed by atoms with Crippen LogP contribution in [0.4, 0.5) is 11.8 Å². The van der Waals surface area contributed by atoms with E-state index < -0.39 is 0 Å². The van der Waals surface area contributed by atoms with Crippen LogP contribution >= 0.6 is 11.6 Å². The first kappa shape index (κ1) is 11.5. The molecular weight excluding hydrogens is 214 g/mol. The molecule has 0 aromatic carbocycles. The molecule has 6 heteroatoms. The molecule has 80 valence electrons. The third-order valence-electron chi connectivity index (χ3n) is 1.87. The van der Waals surface area contributed by atoms with E-state index in [4.69, 9.17) is 16.9 Å². The number of rotatable bonds is 4. The van der Waals surface area contributed by atoms with E-state index in [2.05, 4.69) is 21.4 Å². The summed E-state index contributed by atoms with van der Waals surface area (Å²) >= 11 is 5.95. The molecule has 0 spiro atoms. The number of aromatic nitrogens is 2. The highest BCUT2D eigenvalue weighted by atomic mass is 35.5. The maximum Gasteiger partial charge on any atom is 0.224 e. The van der Waals surface area contributed by atoms with Crippen molar-refractivity contribution in [1.29, 1.82) is 5.26 Å². The Bertz CT molecular complexity index is 373. The van der Waals surface area contributed by atoms with Crippen molar-refractivity contribution < 1.29 is 0 Å². The molecule has 0 aliphatic heterocycles. The van der Waals surface area contributed by atoms with Gasteiger partial charge in [-0.05, 0) is 0 Å². The Morgan fingerprint density at radius 3 is 3.00 bits per heavy atom. The molecule has 15 heavy (non-hydrogen) atoms. The number of halogens is 1. The second-order valence-corrected chi connectivity index (χ2v) is 3.35. The van der Waals surface area contributed by atoms with Gasteiger partial charge < -0.3 is 10.2 Å². The van der Waals surface area contributed by atoms with Crippen LogP contribution in [0, 0.1) is 11.3 Å². The molecule has 1 heterocycles. The van der Waals surface area contributed by atoms with Gasteiger partial charge in [0.1, 0.15) is 5.02 Å². The molecular formula is C9H12ClN5. The summed E-state index contributed by atoms with van der Waals surface area (Å²) in [5.74, 6) is 1.14. The summed E-state index contributed by atoms with van der Waals surface area (Å²) in [7, 11) is 3.58. The summed E-state index contributed by atoms with van der Waals surface area (Å²) in [4.78, 5) is 10.0. The molecule has 0 bridgehead atoms. The number of nitrogens with zero attached hydrogens (tertiary/aromatic N) is 4. The monoisotopic (exact) mass is 225 g/mol. The zero-order chi connectivity index (χ0) is 11.3. The highest BCUT2D eigenvalue weighted by Gasteiger charge is 2.09. The Hall–Kier alpha value is -1.54. The van der Waals surface area contributed by atoms with Crippen molar-refractivity contribution in [3.8, 4) is 6.07 Å². The topological polar surface area (TPSA) is 64.8 Å². The van der Waals surface area contributed by atoms with Crippen molar-refractivity contribution in [3.05, 3.63) is 11.2 Å². The summed E-state index contributed by atoms with van der Waals surface area (Å²) < 4.78 is 0. The van der Waals surface area contributed by atoms with Crippen LogP contribution in [0.25, 0.3) is 0 Å². The van der Waals surface area contributed by atoms with Crippen molar-refractivity contribution in [2.24, 2.45) is 0 Å². The fourth-order valence-corrected chi connectivity index (χ4v) is 1.31. The molecule has 1 N–H and O–H groups in total. The van der Waals surface area contributed by atoms with E-state index in [1.807, 2.05) is 11.9 Å². The Balaban J connectivity index is 2.87. The van der Waals surface area contributed by atoms with Gasteiger partial charge in [0.15, 0.2) is 5.82 Å². The Labute approximate surface area is 93.7 Å². The van der Waals surface area contributed by atoms with Gasteiger partial charge in [0.25, 0.3) is 0 Å². The highest BCUT2D eigenvalue weighted by molar-refractivity contribution is 6.32. The molecule has 1 rings (SSSR count). The molecule has 0 saturated carbocycles. The molecule has 1 aromatic rings. The Morgan fingerprint density at radius 2 is 2.40 bits per heavy atom. The van der Waals surface area contributed by atoms with E-state index >= 15 is 0 Å². The van der Waals surface area contributed by atoms with Crippen molar-refractivity contribution in [2.45, 2.75) is 6.42 Å². The number of nitriles is 1. The fourth-order valence-electron chi connectivity index (χ4n) is 1.07. The summed E-state index contributed by atoms with van der Waals surface area (Å²) in [6.07, 6.45) is 1.98. The first-order chi connectivity index (χ1) is 7.19. The molecule has 0 saturated heterocycles. The fraction of sp³-hybridized carbons (Fsp3) is 0.444. The molecule has 1 aromatic heterocycles. The van der Waals surface area contributed by atoms with E-state index in [-0.39, 0.29) is 0 Å². The van der Waals surface area contributed by atoms with Gasteiger partial charge in [-0.25, -0.2) is 4.98 Å². The van der Waals surface area contributed by atoms with Gasteiger partial charge in [-0.15, -0.1) is 0 Å². The lowest BCUT2D eigenvalue weighted by molar-refractivity contribution is 0.880. The summed E-state index contributed by atoms with van der Waals surface area (Å²) in [6, 6.07) is 2.07. The molecule has 0 radical (unpaired) electrons. The van der Waals surface area contributed by atoms with Crippen molar-refractivity contribution in [1.82, 2.24) is 9.97 Å². The molecule has 0 unspecified atom stereocenters. The van der Waals surface area contributed by atoms with Crippen LogP contribution in [-0.4, -0.2) is 30.6 Å². The van der Waals surface area contributed by atoms with Crippen LogP contribution in [0.15, 0.2) is 6.20 Å². The SMILES string of the molecule is CNc1ncc(Cl)c(N(C)CCC#N)n1. The van der Waals surface area contributed by atoms with Crippen molar-refractivity contribution >= 4 is 23.4 Å². The predicted octanol–water partition coefficient (Wildman–Crippen LogP) is 1.52. The average molecular weight is 226 g/mol. The molecule has 0 amide bonds. The van der Waals surface area contributed by atoms with Gasteiger partial charge in [-0.2, -0.15) is 10.2 Å². The van der Waals surface area contributed by atoms with Crippen LogP contribution in [0.3, 0.4) is 0 Å². The van der Waals surface area contributed by atoms with Gasteiger partial charge in [0.05, 0.1) is 18.7 Å². The van der Waals surface area contributed by atoms with Gasteiger partial charge in [-0.1, -0.05) is 11.6 Å². The smallest absolute Gasteiger partial charge is 0.224 e. The standard InChI is InChI=1S/C9H12ClN5/c1-12-9-13-6-7(10)8(14-9)15(2)5-3-4-11/h6H,3,5H2,1-2H3,(H,12,13,14). The number of anilines is 2. The minimum absolute atomic E-state index is 0.436. The minimum atomic E-state index is 0.436. The van der Waals surface area contributed by atoms with Gasteiger partial charge in [-0.3, -0.25) is 0 Å². The molecule has 0 fully saturated rings. The largest absolute Gasteiger partial charge is 0.357 e. The normalized spacial score (nSPS) is 9.47. The van der Waals surface area contributed by atoms with Gasteiger partial charge in [0.2, 0.25) is 5.95 Å². The Morgan fingerprint density at radius 1 is 1.67 bits per heavy atom. The van der Waals surface area contributed by atoms with Gasteiger partial charge >= 0.3 is 0 Å². The summed E-state index contributed by atoms with van der Waals surface area (Å²) in [5, 5.41) is 11.8. The molecule has 0 atom stereocenters.